The van der Waals surface area contributed by atoms with Crippen LogP contribution in [-0.2, 0) is 16.1 Å². The third kappa shape index (κ3) is 7.02. The SMILES string of the molecule is CCOCC(=O)[C@H](C[C@H](F)CN)C(c1nc(-c2cnccn2)cn1Cc1ccccc1)C(C)(C)C. The number of Topliss-reactive ketones (excluding diaryl/α,β-unsaturated/α-hetero) is 1. The summed E-state index contributed by atoms with van der Waals surface area (Å²) in [7, 11) is 0. The molecule has 2 N–H and O–H groups in total. The number of hydrogen-bond donors (Lipinski definition) is 1. The van der Waals surface area contributed by atoms with Crippen molar-refractivity contribution in [2.24, 2.45) is 17.1 Å². The minimum atomic E-state index is -1.30. The summed E-state index contributed by atoms with van der Waals surface area (Å²) in [6.07, 6.45) is 5.55. The molecule has 0 aliphatic carbocycles. The molecule has 188 valence electrons. The molecule has 3 rings (SSSR count). The zero-order valence-electron chi connectivity index (χ0n) is 21.0. The van der Waals surface area contributed by atoms with Gasteiger partial charge in [-0.25, -0.2) is 9.37 Å². The third-order valence-electron chi connectivity index (χ3n) is 6.07. The van der Waals surface area contributed by atoms with Gasteiger partial charge in [0.2, 0.25) is 0 Å². The first-order valence-electron chi connectivity index (χ1n) is 12.1. The highest BCUT2D eigenvalue weighted by molar-refractivity contribution is 5.83. The molecule has 0 bridgehead atoms. The number of nitrogens with zero attached hydrogens (tertiary/aromatic N) is 4. The Balaban J connectivity index is 2.15. The predicted octanol–water partition coefficient (Wildman–Crippen LogP) is 4.43. The van der Waals surface area contributed by atoms with Crippen molar-refractivity contribution < 1.29 is 13.9 Å². The average Bonchev–Trinajstić information content (AvgIpc) is 3.25. The first kappa shape index (κ1) is 26.6. The fourth-order valence-corrected chi connectivity index (χ4v) is 4.45. The first-order chi connectivity index (χ1) is 16.7. The molecule has 3 aromatic rings. The summed E-state index contributed by atoms with van der Waals surface area (Å²) in [4.78, 5) is 26.9. The highest BCUT2D eigenvalue weighted by Gasteiger charge is 2.41. The van der Waals surface area contributed by atoms with E-state index in [1.54, 1.807) is 18.6 Å². The van der Waals surface area contributed by atoms with Crippen molar-refractivity contribution >= 4 is 5.78 Å². The number of ether oxygens (including phenoxy) is 1. The molecule has 2 heterocycles. The van der Waals surface area contributed by atoms with Crippen molar-refractivity contribution in [1.82, 2.24) is 19.5 Å². The molecule has 0 radical (unpaired) electrons. The van der Waals surface area contributed by atoms with Crippen LogP contribution in [0.5, 0.6) is 0 Å². The van der Waals surface area contributed by atoms with Gasteiger partial charge in [0.1, 0.15) is 30.0 Å². The molecule has 35 heavy (non-hydrogen) atoms. The van der Waals surface area contributed by atoms with Gasteiger partial charge in [-0.2, -0.15) is 0 Å². The first-order valence-corrected chi connectivity index (χ1v) is 12.1. The highest BCUT2D eigenvalue weighted by Crippen LogP contribution is 2.43. The molecule has 0 aliphatic heterocycles. The minimum Gasteiger partial charge on any atom is -0.374 e. The number of rotatable bonds is 12. The van der Waals surface area contributed by atoms with Crippen molar-refractivity contribution in [3.05, 3.63) is 66.5 Å². The van der Waals surface area contributed by atoms with E-state index in [9.17, 15) is 9.18 Å². The second-order valence-corrected chi connectivity index (χ2v) is 9.81. The number of benzene rings is 1. The van der Waals surface area contributed by atoms with Gasteiger partial charge >= 0.3 is 0 Å². The standard InChI is InChI=1S/C27H36FN5O2/c1-5-35-18-24(34)21(13-20(28)14-29)25(27(2,3)4)26-32-23(22-15-30-11-12-31-22)17-33(26)16-19-9-7-6-8-10-19/h6-12,15,17,20-21,25H,5,13-14,16,18,29H2,1-4H3/t20-,21-,25?/m0/s1. The van der Waals surface area contributed by atoms with Crippen molar-refractivity contribution in [3.63, 3.8) is 0 Å². The van der Waals surface area contributed by atoms with Gasteiger partial charge in [0.05, 0.1) is 6.20 Å². The molecule has 1 aromatic carbocycles. The third-order valence-corrected chi connectivity index (χ3v) is 6.07. The minimum absolute atomic E-state index is 0.0169. The van der Waals surface area contributed by atoms with E-state index in [0.717, 1.165) is 5.56 Å². The number of alkyl halides is 1. The molecule has 0 fully saturated rings. The fourth-order valence-electron chi connectivity index (χ4n) is 4.45. The van der Waals surface area contributed by atoms with Gasteiger partial charge in [0, 0.05) is 50.1 Å². The van der Waals surface area contributed by atoms with Gasteiger partial charge in [-0.05, 0) is 24.3 Å². The molecule has 0 spiro atoms. The number of aromatic nitrogens is 4. The van der Waals surface area contributed by atoms with Crippen molar-refractivity contribution in [2.45, 2.75) is 52.8 Å². The number of nitrogens with two attached hydrogens (primary N) is 1. The Morgan fingerprint density at radius 1 is 1.17 bits per heavy atom. The largest absolute Gasteiger partial charge is 0.374 e. The number of carbonyl (C=O) groups is 1. The van der Waals surface area contributed by atoms with Gasteiger partial charge in [0.15, 0.2) is 5.78 Å². The Morgan fingerprint density at radius 2 is 1.91 bits per heavy atom. The summed E-state index contributed by atoms with van der Waals surface area (Å²) >= 11 is 0. The maximum absolute atomic E-state index is 14.7. The molecule has 0 amide bonds. The molecular formula is C27H36FN5O2. The van der Waals surface area contributed by atoms with Crippen LogP contribution < -0.4 is 5.73 Å². The van der Waals surface area contributed by atoms with Gasteiger partial charge in [-0.1, -0.05) is 51.1 Å². The van der Waals surface area contributed by atoms with E-state index in [1.807, 2.05) is 48.0 Å². The molecule has 0 saturated carbocycles. The van der Waals surface area contributed by atoms with Crippen molar-refractivity contribution in [3.8, 4) is 11.4 Å². The summed E-state index contributed by atoms with van der Waals surface area (Å²) in [5.41, 5.74) is 7.61. The quantitative estimate of drug-likeness (QED) is 0.411. The van der Waals surface area contributed by atoms with E-state index in [-0.39, 0.29) is 31.3 Å². The van der Waals surface area contributed by atoms with Crippen LogP contribution in [0.4, 0.5) is 4.39 Å². The number of carbonyl (C=O) groups excluding carboxylic acids is 1. The average molecular weight is 482 g/mol. The molecular weight excluding hydrogens is 445 g/mol. The lowest BCUT2D eigenvalue weighted by molar-refractivity contribution is -0.130. The van der Waals surface area contributed by atoms with Crippen LogP contribution in [0.3, 0.4) is 0 Å². The highest BCUT2D eigenvalue weighted by atomic mass is 19.1. The van der Waals surface area contributed by atoms with Crippen LogP contribution in [0.15, 0.2) is 55.1 Å². The van der Waals surface area contributed by atoms with Crippen molar-refractivity contribution in [1.29, 1.82) is 0 Å². The zero-order valence-corrected chi connectivity index (χ0v) is 21.0. The lowest BCUT2D eigenvalue weighted by Crippen LogP contribution is -2.38. The molecule has 0 aliphatic rings. The Hall–Kier alpha value is -2.97. The van der Waals surface area contributed by atoms with Gasteiger partial charge in [-0.15, -0.1) is 0 Å². The van der Waals surface area contributed by atoms with Crippen LogP contribution in [0.1, 0.15) is 51.4 Å². The number of halogens is 1. The zero-order chi connectivity index (χ0) is 25.4. The number of hydrogen-bond acceptors (Lipinski definition) is 6. The van der Waals surface area contributed by atoms with E-state index in [1.165, 1.54) is 0 Å². The van der Waals surface area contributed by atoms with Crippen LogP contribution in [-0.4, -0.2) is 51.2 Å². The van der Waals surface area contributed by atoms with Crippen LogP contribution in [0, 0.1) is 11.3 Å². The maximum Gasteiger partial charge on any atom is 0.162 e. The predicted molar refractivity (Wildman–Crippen MR) is 135 cm³/mol. The summed E-state index contributed by atoms with van der Waals surface area (Å²) in [5, 5.41) is 0. The molecule has 1 unspecified atom stereocenters. The van der Waals surface area contributed by atoms with Gasteiger partial charge < -0.3 is 15.0 Å². The Kier molecular flexibility index (Phi) is 9.23. The lowest BCUT2D eigenvalue weighted by Gasteiger charge is -2.37. The lowest BCUT2D eigenvalue weighted by atomic mass is 9.69. The maximum atomic E-state index is 14.7. The smallest absolute Gasteiger partial charge is 0.162 e. The van der Waals surface area contributed by atoms with E-state index in [0.29, 0.717) is 30.4 Å². The number of ketones is 1. The van der Waals surface area contributed by atoms with E-state index < -0.39 is 17.5 Å². The summed E-state index contributed by atoms with van der Waals surface area (Å²) in [6, 6.07) is 10.0. The van der Waals surface area contributed by atoms with Crippen LogP contribution >= 0.6 is 0 Å². The molecule has 7 nitrogen and oxygen atoms in total. The second-order valence-electron chi connectivity index (χ2n) is 9.81. The van der Waals surface area contributed by atoms with E-state index in [2.05, 4.69) is 30.7 Å². The Labute approximate surface area is 207 Å². The van der Waals surface area contributed by atoms with E-state index >= 15 is 0 Å². The molecule has 8 heteroatoms. The second kappa shape index (κ2) is 12.1. The molecule has 0 saturated heterocycles. The monoisotopic (exact) mass is 481 g/mol. The van der Waals surface area contributed by atoms with Crippen LogP contribution in [0.25, 0.3) is 11.4 Å². The fraction of sp³-hybridized carbons (Fsp3) is 0.481. The summed E-state index contributed by atoms with van der Waals surface area (Å²) in [6.45, 7) is 8.75. The molecule has 2 aromatic heterocycles. The summed E-state index contributed by atoms with van der Waals surface area (Å²) in [5.74, 6) is -0.458. The van der Waals surface area contributed by atoms with Gasteiger partial charge in [0.25, 0.3) is 0 Å². The molecule has 3 atom stereocenters. The normalized spacial score (nSPS) is 14.5. The number of imidazole rings is 1. The Morgan fingerprint density at radius 3 is 2.51 bits per heavy atom. The Bertz CT molecular complexity index is 1070. The van der Waals surface area contributed by atoms with Crippen molar-refractivity contribution in [2.75, 3.05) is 19.8 Å². The van der Waals surface area contributed by atoms with Crippen LogP contribution in [0.2, 0.25) is 0 Å². The summed E-state index contributed by atoms with van der Waals surface area (Å²) < 4.78 is 22.2. The van der Waals surface area contributed by atoms with Gasteiger partial charge in [-0.3, -0.25) is 14.8 Å². The van der Waals surface area contributed by atoms with E-state index in [4.69, 9.17) is 15.5 Å². The topological polar surface area (TPSA) is 95.9 Å².